The van der Waals surface area contributed by atoms with Gasteiger partial charge < -0.3 is 4.90 Å². The first kappa shape index (κ1) is 11.2. The monoisotopic (exact) mass is 217 g/mol. The van der Waals surface area contributed by atoms with E-state index in [4.69, 9.17) is 0 Å². The van der Waals surface area contributed by atoms with E-state index >= 15 is 0 Å². The highest BCUT2D eigenvalue weighted by molar-refractivity contribution is 5.84. The molecule has 1 aliphatic rings. The molecule has 0 aromatic heterocycles. The molecule has 1 aromatic carbocycles. The molecule has 0 amide bonds. The van der Waals surface area contributed by atoms with Gasteiger partial charge in [0.1, 0.15) is 0 Å². The zero-order valence-corrected chi connectivity index (χ0v) is 9.86. The summed E-state index contributed by atoms with van der Waals surface area (Å²) in [6.07, 6.45) is 6.36. The molecule has 16 heavy (non-hydrogen) atoms. The first-order chi connectivity index (χ1) is 7.81. The summed E-state index contributed by atoms with van der Waals surface area (Å²) < 4.78 is 0. The molecule has 0 spiro atoms. The molecule has 0 bridgehead atoms. The zero-order valence-electron chi connectivity index (χ0n) is 9.86. The maximum atomic E-state index is 10.9. The highest BCUT2D eigenvalue weighted by Crippen LogP contribution is 2.27. The molecular weight excluding hydrogens is 198 g/mol. The average molecular weight is 217 g/mol. The van der Waals surface area contributed by atoms with Crippen molar-refractivity contribution in [3.05, 3.63) is 29.8 Å². The van der Waals surface area contributed by atoms with Crippen LogP contribution in [0.5, 0.6) is 0 Å². The summed E-state index contributed by atoms with van der Waals surface area (Å²) in [6.45, 7) is 1.07. The Bertz CT molecular complexity index is 356. The van der Waals surface area contributed by atoms with Gasteiger partial charge in [-0.2, -0.15) is 0 Å². The predicted molar refractivity (Wildman–Crippen MR) is 67.1 cm³/mol. The number of hydrogen-bond acceptors (Lipinski definition) is 2. The molecule has 2 heteroatoms. The number of rotatable bonds is 4. The standard InChI is InChI=1S/C14H19NO/c1-15(10-12-6-2-3-7-12)14-9-5-4-8-13(14)11-16/h4-5,8-9,11-12H,2-3,6-7,10H2,1H3. The Labute approximate surface area is 97.3 Å². The summed E-state index contributed by atoms with van der Waals surface area (Å²) in [5, 5.41) is 0. The lowest BCUT2D eigenvalue weighted by atomic mass is 10.1. The number of aldehydes is 1. The highest BCUT2D eigenvalue weighted by atomic mass is 16.1. The van der Waals surface area contributed by atoms with Crippen LogP contribution in [0.3, 0.4) is 0 Å². The van der Waals surface area contributed by atoms with E-state index in [-0.39, 0.29) is 0 Å². The molecular formula is C14H19NO. The third-order valence-electron chi connectivity index (χ3n) is 3.48. The van der Waals surface area contributed by atoms with Crippen molar-refractivity contribution in [2.75, 3.05) is 18.5 Å². The van der Waals surface area contributed by atoms with E-state index in [1.807, 2.05) is 24.3 Å². The van der Waals surface area contributed by atoms with Crippen LogP contribution in [0, 0.1) is 5.92 Å². The number of carbonyl (C=O) groups excluding carboxylic acids is 1. The Kier molecular flexibility index (Phi) is 3.60. The van der Waals surface area contributed by atoms with Gasteiger partial charge in [0.25, 0.3) is 0 Å². The lowest BCUT2D eigenvalue weighted by molar-refractivity contribution is 0.112. The minimum atomic E-state index is 0.794. The minimum absolute atomic E-state index is 0.794. The van der Waals surface area contributed by atoms with Crippen molar-refractivity contribution in [2.45, 2.75) is 25.7 Å². The summed E-state index contributed by atoms with van der Waals surface area (Å²) in [5.74, 6) is 0.810. The van der Waals surface area contributed by atoms with E-state index in [0.717, 1.165) is 30.0 Å². The van der Waals surface area contributed by atoms with Gasteiger partial charge in [0.05, 0.1) is 0 Å². The first-order valence-electron chi connectivity index (χ1n) is 6.06. The summed E-state index contributed by atoms with van der Waals surface area (Å²) >= 11 is 0. The van der Waals surface area contributed by atoms with Gasteiger partial charge in [0.2, 0.25) is 0 Å². The van der Waals surface area contributed by atoms with Crippen molar-refractivity contribution in [3.8, 4) is 0 Å². The molecule has 0 N–H and O–H groups in total. The summed E-state index contributed by atoms with van der Waals surface area (Å²) in [6, 6.07) is 7.82. The molecule has 0 unspecified atom stereocenters. The third kappa shape index (κ3) is 2.43. The Hall–Kier alpha value is -1.31. The summed E-state index contributed by atoms with van der Waals surface area (Å²) in [7, 11) is 2.08. The van der Waals surface area contributed by atoms with Gasteiger partial charge in [0, 0.05) is 24.8 Å². The van der Waals surface area contributed by atoms with Gasteiger partial charge in [0.15, 0.2) is 6.29 Å². The minimum Gasteiger partial charge on any atom is -0.374 e. The molecule has 2 rings (SSSR count). The Morgan fingerprint density at radius 3 is 2.69 bits per heavy atom. The maximum absolute atomic E-state index is 10.9. The van der Waals surface area contributed by atoms with Crippen LogP contribution in [0.25, 0.3) is 0 Å². The molecule has 1 saturated carbocycles. The number of hydrogen-bond donors (Lipinski definition) is 0. The zero-order chi connectivity index (χ0) is 11.4. The van der Waals surface area contributed by atoms with Gasteiger partial charge in [-0.05, 0) is 30.9 Å². The van der Waals surface area contributed by atoms with Gasteiger partial charge in [-0.3, -0.25) is 4.79 Å². The van der Waals surface area contributed by atoms with Crippen LogP contribution in [0.1, 0.15) is 36.0 Å². The van der Waals surface area contributed by atoms with E-state index < -0.39 is 0 Å². The third-order valence-corrected chi connectivity index (χ3v) is 3.48. The van der Waals surface area contributed by atoms with Crippen molar-refractivity contribution in [3.63, 3.8) is 0 Å². The van der Waals surface area contributed by atoms with Crippen molar-refractivity contribution in [1.29, 1.82) is 0 Å². The quantitative estimate of drug-likeness (QED) is 0.722. The van der Waals surface area contributed by atoms with Gasteiger partial charge in [-0.1, -0.05) is 25.0 Å². The molecule has 0 aliphatic heterocycles. The van der Waals surface area contributed by atoms with Crippen molar-refractivity contribution in [2.24, 2.45) is 5.92 Å². The van der Waals surface area contributed by atoms with Crippen molar-refractivity contribution >= 4 is 12.0 Å². The van der Waals surface area contributed by atoms with E-state index in [1.165, 1.54) is 25.7 Å². The Balaban J connectivity index is 2.07. The summed E-state index contributed by atoms with van der Waals surface area (Å²) in [5.41, 5.74) is 1.85. The number of benzene rings is 1. The molecule has 1 aromatic rings. The molecule has 1 aliphatic carbocycles. The van der Waals surface area contributed by atoms with Crippen LogP contribution >= 0.6 is 0 Å². The van der Waals surface area contributed by atoms with Crippen LogP contribution in [0.4, 0.5) is 5.69 Å². The van der Waals surface area contributed by atoms with Crippen molar-refractivity contribution < 1.29 is 4.79 Å². The second kappa shape index (κ2) is 5.15. The Morgan fingerprint density at radius 2 is 2.00 bits per heavy atom. The second-order valence-electron chi connectivity index (χ2n) is 4.71. The number of anilines is 1. The van der Waals surface area contributed by atoms with Gasteiger partial charge in [-0.25, -0.2) is 0 Å². The first-order valence-corrected chi connectivity index (χ1v) is 6.06. The number of para-hydroxylation sites is 1. The largest absolute Gasteiger partial charge is 0.374 e. The van der Waals surface area contributed by atoms with Crippen molar-refractivity contribution in [1.82, 2.24) is 0 Å². The van der Waals surface area contributed by atoms with E-state index in [1.54, 1.807) is 0 Å². The number of carbonyl (C=O) groups is 1. The fourth-order valence-corrected chi connectivity index (χ4v) is 2.61. The molecule has 1 fully saturated rings. The predicted octanol–water partition coefficient (Wildman–Crippen LogP) is 3.13. The highest BCUT2D eigenvalue weighted by Gasteiger charge is 2.17. The molecule has 2 nitrogen and oxygen atoms in total. The fraction of sp³-hybridized carbons (Fsp3) is 0.500. The van der Waals surface area contributed by atoms with Gasteiger partial charge in [-0.15, -0.1) is 0 Å². The van der Waals surface area contributed by atoms with Crippen LogP contribution < -0.4 is 4.90 Å². The topological polar surface area (TPSA) is 20.3 Å². The molecule has 0 radical (unpaired) electrons. The second-order valence-corrected chi connectivity index (χ2v) is 4.71. The SMILES string of the molecule is CN(CC1CCCC1)c1ccccc1C=O. The molecule has 0 heterocycles. The summed E-state index contributed by atoms with van der Waals surface area (Å²) in [4.78, 5) is 13.2. The van der Waals surface area contributed by atoms with E-state index in [2.05, 4.69) is 11.9 Å². The smallest absolute Gasteiger partial charge is 0.152 e. The lowest BCUT2D eigenvalue weighted by Gasteiger charge is -2.24. The lowest BCUT2D eigenvalue weighted by Crippen LogP contribution is -2.24. The Morgan fingerprint density at radius 1 is 1.31 bits per heavy atom. The van der Waals surface area contributed by atoms with E-state index in [9.17, 15) is 4.79 Å². The molecule has 86 valence electrons. The molecule has 0 saturated heterocycles. The molecule has 0 atom stereocenters. The van der Waals surface area contributed by atoms with Crippen LogP contribution in [0.15, 0.2) is 24.3 Å². The van der Waals surface area contributed by atoms with Gasteiger partial charge >= 0.3 is 0 Å². The number of nitrogens with zero attached hydrogens (tertiary/aromatic N) is 1. The maximum Gasteiger partial charge on any atom is 0.152 e. The van der Waals surface area contributed by atoms with E-state index in [0.29, 0.717) is 0 Å². The average Bonchev–Trinajstić information content (AvgIpc) is 2.81. The normalized spacial score (nSPS) is 16.3. The van der Waals surface area contributed by atoms with Crippen LogP contribution in [-0.2, 0) is 0 Å². The van der Waals surface area contributed by atoms with Crippen LogP contribution in [0.2, 0.25) is 0 Å². The fourth-order valence-electron chi connectivity index (χ4n) is 2.61. The van der Waals surface area contributed by atoms with Crippen LogP contribution in [-0.4, -0.2) is 19.9 Å².